The van der Waals surface area contributed by atoms with E-state index in [9.17, 15) is 9.59 Å². The lowest BCUT2D eigenvalue weighted by atomic mass is 9.94. The van der Waals surface area contributed by atoms with E-state index in [-0.39, 0.29) is 30.0 Å². The maximum absolute atomic E-state index is 15.1. The molecular weight excluding hydrogens is 451 g/mol. The summed E-state index contributed by atoms with van der Waals surface area (Å²) in [7, 11) is 1.56. The molecule has 1 N–H and O–H groups in total. The van der Waals surface area contributed by atoms with Gasteiger partial charge in [-0.1, -0.05) is 61.7 Å². The van der Waals surface area contributed by atoms with Gasteiger partial charge in [-0.15, -0.1) is 11.3 Å². The lowest BCUT2D eigenvalue weighted by Gasteiger charge is -2.33. The van der Waals surface area contributed by atoms with Crippen molar-refractivity contribution in [1.82, 2.24) is 10.2 Å². The molecule has 1 aromatic heterocycles. The standard InChI is InChI=1S/C27H29FN2O3S/c1-33-23-15-8-5-10-19(23)18-30(27(32)24-16-9-17-34-24)25(21-13-6-7-14-22(21)28)26(31)29-20-11-3-2-4-12-20/h5-10,13-17,20,25H,2-4,11-12,18H2,1H3,(H,29,31). The number of thiophene rings is 1. The zero-order valence-electron chi connectivity index (χ0n) is 19.2. The number of nitrogens with zero attached hydrogens (tertiary/aromatic N) is 1. The number of rotatable bonds is 8. The minimum Gasteiger partial charge on any atom is -0.496 e. The first kappa shape index (κ1) is 24.0. The number of carbonyl (C=O) groups is 2. The summed E-state index contributed by atoms with van der Waals surface area (Å²) in [6.45, 7) is 0.0951. The molecule has 34 heavy (non-hydrogen) atoms. The van der Waals surface area contributed by atoms with Gasteiger partial charge in [-0.05, 0) is 36.4 Å². The van der Waals surface area contributed by atoms with Gasteiger partial charge in [0.1, 0.15) is 17.6 Å². The number of halogens is 1. The van der Waals surface area contributed by atoms with Crippen molar-refractivity contribution in [2.24, 2.45) is 0 Å². The number of carbonyl (C=O) groups excluding carboxylic acids is 2. The zero-order chi connectivity index (χ0) is 23.9. The number of hydrogen-bond acceptors (Lipinski definition) is 4. The van der Waals surface area contributed by atoms with Crippen LogP contribution in [0.5, 0.6) is 5.75 Å². The minimum absolute atomic E-state index is 0.0282. The average molecular weight is 481 g/mol. The molecule has 3 aromatic rings. The third-order valence-corrected chi connectivity index (χ3v) is 7.10. The van der Waals surface area contributed by atoms with Gasteiger partial charge in [0.25, 0.3) is 5.91 Å². The summed E-state index contributed by atoms with van der Waals surface area (Å²) >= 11 is 1.30. The van der Waals surface area contributed by atoms with E-state index in [1.54, 1.807) is 37.4 Å². The second-order valence-electron chi connectivity index (χ2n) is 8.49. The van der Waals surface area contributed by atoms with E-state index in [0.29, 0.717) is 10.6 Å². The van der Waals surface area contributed by atoms with Crippen LogP contribution in [0, 0.1) is 5.82 Å². The first-order valence-electron chi connectivity index (χ1n) is 11.6. The lowest BCUT2D eigenvalue weighted by Crippen LogP contribution is -2.47. The van der Waals surface area contributed by atoms with Crippen LogP contribution in [0.25, 0.3) is 0 Å². The average Bonchev–Trinajstić information content (AvgIpc) is 3.40. The van der Waals surface area contributed by atoms with Crippen LogP contribution in [-0.2, 0) is 11.3 Å². The lowest BCUT2D eigenvalue weighted by molar-refractivity contribution is -0.127. The highest BCUT2D eigenvalue weighted by atomic mass is 32.1. The highest BCUT2D eigenvalue weighted by Gasteiger charge is 2.35. The van der Waals surface area contributed by atoms with Crippen molar-refractivity contribution >= 4 is 23.2 Å². The molecule has 1 heterocycles. The van der Waals surface area contributed by atoms with Crippen LogP contribution in [0.15, 0.2) is 66.0 Å². The number of hydrogen-bond donors (Lipinski definition) is 1. The molecular formula is C27H29FN2O3S. The summed E-state index contributed by atoms with van der Waals surface area (Å²) in [5, 5.41) is 4.93. The van der Waals surface area contributed by atoms with E-state index < -0.39 is 11.9 Å². The van der Waals surface area contributed by atoms with Gasteiger partial charge in [-0.3, -0.25) is 9.59 Å². The Hall–Kier alpha value is -3.19. The van der Waals surface area contributed by atoms with Crippen molar-refractivity contribution in [3.05, 3.63) is 87.9 Å². The SMILES string of the molecule is COc1ccccc1CN(C(=O)c1cccs1)C(C(=O)NC1CCCCC1)c1ccccc1F. The highest BCUT2D eigenvalue weighted by Crippen LogP contribution is 2.31. The second kappa shape index (κ2) is 11.3. The minimum atomic E-state index is -1.12. The molecule has 178 valence electrons. The van der Waals surface area contributed by atoms with Crippen LogP contribution in [0.3, 0.4) is 0 Å². The predicted octanol–water partition coefficient (Wildman–Crippen LogP) is 5.73. The molecule has 5 nitrogen and oxygen atoms in total. The van der Waals surface area contributed by atoms with Gasteiger partial charge in [0.15, 0.2) is 0 Å². The summed E-state index contributed by atoms with van der Waals surface area (Å²) in [5.74, 6) is -0.605. The van der Waals surface area contributed by atoms with Crippen molar-refractivity contribution in [1.29, 1.82) is 0 Å². The van der Waals surface area contributed by atoms with E-state index in [1.165, 1.54) is 22.3 Å². The van der Waals surface area contributed by atoms with E-state index in [2.05, 4.69) is 5.32 Å². The number of amides is 2. The molecule has 1 saturated carbocycles. The Bertz CT molecular complexity index is 1110. The summed E-state index contributed by atoms with van der Waals surface area (Å²) in [6.07, 6.45) is 5.03. The van der Waals surface area contributed by atoms with Crippen molar-refractivity contribution in [2.45, 2.75) is 50.7 Å². The molecule has 0 saturated heterocycles. The molecule has 2 aromatic carbocycles. The van der Waals surface area contributed by atoms with Gasteiger partial charge in [-0.25, -0.2) is 4.39 Å². The maximum atomic E-state index is 15.1. The smallest absolute Gasteiger partial charge is 0.265 e. The molecule has 1 unspecified atom stereocenters. The van der Waals surface area contributed by atoms with Crippen LogP contribution < -0.4 is 10.1 Å². The summed E-state index contributed by atoms with van der Waals surface area (Å²) in [4.78, 5) is 29.4. The molecule has 1 fully saturated rings. The van der Waals surface area contributed by atoms with Gasteiger partial charge in [0, 0.05) is 17.2 Å². The Kier molecular flexibility index (Phi) is 7.95. The quantitative estimate of drug-likeness (QED) is 0.448. The molecule has 0 spiro atoms. The Morgan fingerprint density at radius 1 is 1.06 bits per heavy atom. The Morgan fingerprint density at radius 2 is 1.79 bits per heavy atom. The van der Waals surface area contributed by atoms with E-state index in [4.69, 9.17) is 4.74 Å². The van der Waals surface area contributed by atoms with Gasteiger partial charge < -0.3 is 15.0 Å². The summed E-state index contributed by atoms with van der Waals surface area (Å²) in [6, 6.07) is 16.0. The number of benzene rings is 2. The normalized spacial score (nSPS) is 14.9. The molecule has 0 bridgehead atoms. The van der Waals surface area contributed by atoms with Crippen LogP contribution >= 0.6 is 11.3 Å². The van der Waals surface area contributed by atoms with Crippen molar-refractivity contribution in [3.8, 4) is 5.75 Å². The van der Waals surface area contributed by atoms with Gasteiger partial charge in [-0.2, -0.15) is 0 Å². The first-order chi connectivity index (χ1) is 16.6. The Balaban J connectivity index is 1.77. The monoisotopic (exact) mass is 480 g/mol. The maximum Gasteiger partial charge on any atom is 0.265 e. The van der Waals surface area contributed by atoms with Crippen molar-refractivity contribution in [2.75, 3.05) is 7.11 Å². The number of nitrogens with one attached hydrogen (secondary N) is 1. The third-order valence-electron chi connectivity index (χ3n) is 6.24. The van der Waals surface area contributed by atoms with Crippen LogP contribution in [0.1, 0.15) is 58.9 Å². The van der Waals surface area contributed by atoms with Gasteiger partial charge >= 0.3 is 0 Å². The fraction of sp³-hybridized carbons (Fsp3) is 0.333. The number of ether oxygens (including phenoxy) is 1. The molecule has 7 heteroatoms. The molecule has 1 aliphatic rings. The van der Waals surface area contributed by atoms with E-state index in [0.717, 1.165) is 37.7 Å². The first-order valence-corrected chi connectivity index (χ1v) is 12.5. The fourth-order valence-electron chi connectivity index (χ4n) is 4.51. The molecule has 2 amide bonds. The van der Waals surface area contributed by atoms with E-state index in [1.807, 2.05) is 29.6 Å². The Labute approximate surface area is 203 Å². The topological polar surface area (TPSA) is 58.6 Å². The fourth-order valence-corrected chi connectivity index (χ4v) is 5.19. The number of para-hydroxylation sites is 1. The number of methoxy groups -OCH3 is 1. The summed E-state index contributed by atoms with van der Waals surface area (Å²) < 4.78 is 20.6. The van der Waals surface area contributed by atoms with E-state index >= 15 is 4.39 Å². The largest absolute Gasteiger partial charge is 0.496 e. The molecule has 1 aliphatic carbocycles. The molecule has 4 rings (SSSR count). The second-order valence-corrected chi connectivity index (χ2v) is 9.44. The zero-order valence-corrected chi connectivity index (χ0v) is 20.0. The Morgan fingerprint density at radius 3 is 2.50 bits per heavy atom. The van der Waals surface area contributed by atoms with Gasteiger partial charge in [0.05, 0.1) is 18.5 Å². The molecule has 1 atom stereocenters. The molecule has 0 radical (unpaired) electrons. The van der Waals surface area contributed by atoms with Crippen LogP contribution in [0.2, 0.25) is 0 Å². The van der Waals surface area contributed by atoms with Crippen LogP contribution in [0.4, 0.5) is 4.39 Å². The van der Waals surface area contributed by atoms with Gasteiger partial charge in [0.2, 0.25) is 5.91 Å². The van der Waals surface area contributed by atoms with Crippen LogP contribution in [-0.4, -0.2) is 29.9 Å². The predicted molar refractivity (Wildman–Crippen MR) is 131 cm³/mol. The third kappa shape index (κ3) is 5.47. The molecule has 0 aliphatic heterocycles. The van der Waals surface area contributed by atoms with Crippen molar-refractivity contribution < 1.29 is 18.7 Å². The summed E-state index contributed by atoms with van der Waals surface area (Å²) in [5.41, 5.74) is 0.914. The highest BCUT2D eigenvalue weighted by molar-refractivity contribution is 7.12. The van der Waals surface area contributed by atoms with Crippen molar-refractivity contribution in [3.63, 3.8) is 0 Å².